The van der Waals surface area contributed by atoms with Gasteiger partial charge >= 0.3 is 5.97 Å². The van der Waals surface area contributed by atoms with Gasteiger partial charge in [-0.15, -0.1) is 11.8 Å². The number of carbonyl (C=O) groups is 1. The first-order chi connectivity index (χ1) is 7.95. The molecule has 1 atom stereocenters. The molecule has 0 saturated carbocycles. The molecule has 0 aliphatic rings. The van der Waals surface area contributed by atoms with Gasteiger partial charge in [0.25, 0.3) is 0 Å². The van der Waals surface area contributed by atoms with Crippen LogP contribution in [0.4, 0.5) is 0 Å². The molecule has 0 aliphatic heterocycles. The van der Waals surface area contributed by atoms with E-state index in [-0.39, 0.29) is 5.97 Å². The van der Waals surface area contributed by atoms with E-state index in [9.17, 15) is 4.79 Å². The van der Waals surface area contributed by atoms with Gasteiger partial charge in [0.1, 0.15) is 5.54 Å². The predicted octanol–water partition coefficient (Wildman–Crippen LogP) is 2.37. The average molecular weight is 253 g/mol. The number of hydrogen-bond donors (Lipinski definition) is 1. The van der Waals surface area contributed by atoms with Crippen molar-refractivity contribution in [3.8, 4) is 0 Å². The monoisotopic (exact) mass is 253 g/mol. The molecule has 17 heavy (non-hydrogen) atoms. The number of benzene rings is 1. The van der Waals surface area contributed by atoms with Crippen molar-refractivity contribution in [3.05, 3.63) is 29.8 Å². The molecular formula is C13H19NO2S. The molecule has 0 saturated heterocycles. The molecule has 94 valence electrons. The number of thioether (sulfide) groups is 1. The van der Waals surface area contributed by atoms with Crippen molar-refractivity contribution < 1.29 is 9.53 Å². The second-order valence-corrected chi connectivity index (χ2v) is 5.29. The lowest BCUT2D eigenvalue weighted by molar-refractivity contribution is -0.148. The van der Waals surface area contributed by atoms with Crippen molar-refractivity contribution in [2.45, 2.75) is 31.2 Å². The number of rotatable bonds is 5. The molecule has 0 aromatic heterocycles. The van der Waals surface area contributed by atoms with Gasteiger partial charge in [0, 0.05) is 10.6 Å². The van der Waals surface area contributed by atoms with E-state index in [1.54, 1.807) is 25.6 Å². The van der Waals surface area contributed by atoms with Crippen molar-refractivity contribution in [2.24, 2.45) is 5.73 Å². The summed E-state index contributed by atoms with van der Waals surface area (Å²) in [5.41, 5.74) is 6.20. The smallest absolute Gasteiger partial charge is 0.326 e. The van der Waals surface area contributed by atoms with E-state index < -0.39 is 5.54 Å². The Labute approximate surface area is 107 Å². The topological polar surface area (TPSA) is 52.3 Å². The molecule has 0 heterocycles. The largest absolute Gasteiger partial charge is 0.465 e. The van der Waals surface area contributed by atoms with Crippen LogP contribution in [-0.2, 0) is 9.53 Å². The normalized spacial score (nSPS) is 14.1. The molecular weight excluding hydrogens is 234 g/mol. The third-order valence-electron chi connectivity index (χ3n) is 2.27. The van der Waals surface area contributed by atoms with Gasteiger partial charge in [0.05, 0.1) is 6.61 Å². The maximum atomic E-state index is 11.6. The number of hydrogen-bond acceptors (Lipinski definition) is 4. The van der Waals surface area contributed by atoms with Crippen LogP contribution in [0.3, 0.4) is 0 Å². The first-order valence-corrected chi connectivity index (χ1v) is 6.60. The molecule has 0 aliphatic carbocycles. The van der Waals surface area contributed by atoms with Gasteiger partial charge in [-0.2, -0.15) is 0 Å². The van der Waals surface area contributed by atoms with Crippen LogP contribution in [0, 0.1) is 6.92 Å². The fourth-order valence-electron chi connectivity index (χ4n) is 1.29. The summed E-state index contributed by atoms with van der Waals surface area (Å²) in [7, 11) is 0. The summed E-state index contributed by atoms with van der Waals surface area (Å²) in [6.45, 7) is 5.88. The zero-order valence-corrected chi connectivity index (χ0v) is 11.3. The van der Waals surface area contributed by atoms with E-state index in [0.717, 1.165) is 4.90 Å². The van der Waals surface area contributed by atoms with Gasteiger partial charge in [-0.1, -0.05) is 17.7 Å². The summed E-state index contributed by atoms with van der Waals surface area (Å²) in [5, 5.41) is 0. The number of carbonyl (C=O) groups excluding carboxylic acids is 1. The van der Waals surface area contributed by atoms with Crippen molar-refractivity contribution >= 4 is 17.7 Å². The number of esters is 1. The lowest BCUT2D eigenvalue weighted by Gasteiger charge is -2.21. The minimum Gasteiger partial charge on any atom is -0.465 e. The predicted molar refractivity (Wildman–Crippen MR) is 71.1 cm³/mol. The third-order valence-corrected chi connectivity index (χ3v) is 3.60. The first kappa shape index (κ1) is 14.1. The van der Waals surface area contributed by atoms with Gasteiger partial charge in [0.15, 0.2) is 0 Å². The van der Waals surface area contributed by atoms with E-state index in [4.69, 9.17) is 10.5 Å². The van der Waals surface area contributed by atoms with Crippen molar-refractivity contribution in [1.29, 1.82) is 0 Å². The number of aryl methyl sites for hydroxylation is 1. The van der Waals surface area contributed by atoms with E-state index in [0.29, 0.717) is 12.4 Å². The Kier molecular flexibility index (Phi) is 5.02. The molecule has 0 fully saturated rings. The van der Waals surface area contributed by atoms with Crippen LogP contribution in [0.15, 0.2) is 29.2 Å². The average Bonchev–Trinajstić information content (AvgIpc) is 2.27. The third kappa shape index (κ3) is 4.40. The minimum absolute atomic E-state index is 0.347. The summed E-state index contributed by atoms with van der Waals surface area (Å²) in [5.74, 6) is 0.162. The Hall–Kier alpha value is -1.00. The summed E-state index contributed by atoms with van der Waals surface area (Å²) >= 11 is 1.57. The van der Waals surface area contributed by atoms with Gasteiger partial charge in [-0.05, 0) is 32.9 Å². The van der Waals surface area contributed by atoms with Crippen LogP contribution < -0.4 is 5.73 Å². The van der Waals surface area contributed by atoms with Crippen molar-refractivity contribution in [3.63, 3.8) is 0 Å². The fourth-order valence-corrected chi connectivity index (χ4v) is 2.32. The molecule has 3 nitrogen and oxygen atoms in total. The number of nitrogens with two attached hydrogens (primary N) is 1. The standard InChI is InChI=1S/C13H19NO2S/c1-4-16-12(15)13(3,14)9-17-11-7-5-6-10(2)8-11/h5-8H,4,9,14H2,1-3H3. The highest BCUT2D eigenvalue weighted by Gasteiger charge is 2.29. The van der Waals surface area contributed by atoms with Crippen molar-refractivity contribution in [1.82, 2.24) is 0 Å². The van der Waals surface area contributed by atoms with Gasteiger partial charge in [0.2, 0.25) is 0 Å². The van der Waals surface area contributed by atoms with Crippen LogP contribution in [-0.4, -0.2) is 23.9 Å². The first-order valence-electron chi connectivity index (χ1n) is 5.61. The van der Waals surface area contributed by atoms with Crippen LogP contribution in [0.2, 0.25) is 0 Å². The summed E-state index contributed by atoms with van der Waals surface area (Å²) < 4.78 is 4.94. The van der Waals surface area contributed by atoms with Crippen LogP contribution >= 0.6 is 11.8 Å². The molecule has 1 aromatic carbocycles. The van der Waals surface area contributed by atoms with Crippen LogP contribution in [0.1, 0.15) is 19.4 Å². The SMILES string of the molecule is CCOC(=O)C(C)(N)CSc1cccc(C)c1. The van der Waals surface area contributed by atoms with E-state index in [1.807, 2.05) is 25.1 Å². The molecule has 0 radical (unpaired) electrons. The second kappa shape index (κ2) is 6.07. The van der Waals surface area contributed by atoms with E-state index in [2.05, 4.69) is 6.07 Å². The molecule has 0 bridgehead atoms. The summed E-state index contributed by atoms with van der Waals surface area (Å²) in [6.07, 6.45) is 0. The fraction of sp³-hybridized carbons (Fsp3) is 0.462. The quantitative estimate of drug-likeness (QED) is 0.646. The summed E-state index contributed by atoms with van der Waals surface area (Å²) in [6, 6.07) is 8.12. The summed E-state index contributed by atoms with van der Waals surface area (Å²) in [4.78, 5) is 12.7. The molecule has 1 unspecified atom stereocenters. The molecule has 2 N–H and O–H groups in total. The number of ether oxygens (including phenoxy) is 1. The molecule has 1 aromatic rings. The Morgan fingerprint density at radius 1 is 1.53 bits per heavy atom. The highest BCUT2D eigenvalue weighted by Crippen LogP contribution is 2.23. The Bertz CT molecular complexity index is 391. The minimum atomic E-state index is -0.940. The zero-order valence-electron chi connectivity index (χ0n) is 10.5. The lowest BCUT2D eigenvalue weighted by atomic mass is 10.1. The van der Waals surface area contributed by atoms with Crippen LogP contribution in [0.5, 0.6) is 0 Å². The zero-order chi connectivity index (χ0) is 12.9. The molecule has 4 heteroatoms. The Morgan fingerprint density at radius 3 is 2.82 bits per heavy atom. The lowest BCUT2D eigenvalue weighted by Crippen LogP contribution is -2.48. The molecule has 1 rings (SSSR count). The van der Waals surface area contributed by atoms with Crippen LogP contribution in [0.25, 0.3) is 0 Å². The van der Waals surface area contributed by atoms with E-state index in [1.165, 1.54) is 5.56 Å². The van der Waals surface area contributed by atoms with E-state index >= 15 is 0 Å². The van der Waals surface area contributed by atoms with Gasteiger partial charge in [-0.25, -0.2) is 0 Å². The highest BCUT2D eigenvalue weighted by molar-refractivity contribution is 7.99. The highest BCUT2D eigenvalue weighted by atomic mass is 32.2. The Balaban J connectivity index is 2.57. The maximum absolute atomic E-state index is 11.6. The van der Waals surface area contributed by atoms with Crippen molar-refractivity contribution in [2.75, 3.05) is 12.4 Å². The second-order valence-electron chi connectivity index (χ2n) is 4.24. The maximum Gasteiger partial charge on any atom is 0.326 e. The Morgan fingerprint density at radius 2 is 2.24 bits per heavy atom. The van der Waals surface area contributed by atoms with Gasteiger partial charge < -0.3 is 10.5 Å². The van der Waals surface area contributed by atoms with Gasteiger partial charge in [-0.3, -0.25) is 4.79 Å². The molecule has 0 amide bonds. The molecule has 0 spiro atoms.